The Morgan fingerprint density at radius 2 is 1.85 bits per heavy atom. The summed E-state index contributed by atoms with van der Waals surface area (Å²) in [5.74, 6) is -1.94. The van der Waals surface area contributed by atoms with Crippen LogP contribution in [-0.4, -0.2) is 25.2 Å². The summed E-state index contributed by atoms with van der Waals surface area (Å²) >= 11 is 0. The molecule has 1 aliphatic heterocycles. The molecule has 0 amide bonds. The molecule has 110 valence electrons. The molecule has 1 unspecified atom stereocenters. The number of benzene rings is 1. The molecular formula is C15H19F3N2. The van der Waals surface area contributed by atoms with E-state index in [1.165, 1.54) is 0 Å². The molecule has 1 aromatic rings. The number of anilines is 1. The van der Waals surface area contributed by atoms with E-state index in [9.17, 15) is 13.2 Å². The van der Waals surface area contributed by atoms with Gasteiger partial charge in [-0.1, -0.05) is 0 Å². The first-order valence-corrected chi connectivity index (χ1v) is 7.14. The Kier molecular flexibility index (Phi) is 3.40. The van der Waals surface area contributed by atoms with Crippen LogP contribution in [0.4, 0.5) is 18.9 Å². The van der Waals surface area contributed by atoms with E-state index >= 15 is 0 Å². The molecule has 2 aliphatic rings. The van der Waals surface area contributed by atoms with E-state index in [-0.39, 0.29) is 11.2 Å². The van der Waals surface area contributed by atoms with Crippen LogP contribution in [0.2, 0.25) is 0 Å². The lowest BCUT2D eigenvalue weighted by Gasteiger charge is -2.35. The molecule has 0 radical (unpaired) electrons. The average Bonchev–Trinajstić information content (AvgIpc) is 3.15. The molecule has 1 aliphatic carbocycles. The van der Waals surface area contributed by atoms with Gasteiger partial charge in [0.2, 0.25) is 0 Å². The van der Waals surface area contributed by atoms with Gasteiger partial charge in [0.25, 0.3) is 0 Å². The zero-order valence-corrected chi connectivity index (χ0v) is 11.6. The Morgan fingerprint density at radius 3 is 2.45 bits per heavy atom. The van der Waals surface area contributed by atoms with Crippen LogP contribution >= 0.6 is 0 Å². The quantitative estimate of drug-likeness (QED) is 0.898. The number of rotatable bonds is 2. The van der Waals surface area contributed by atoms with E-state index in [0.717, 1.165) is 37.9 Å². The van der Waals surface area contributed by atoms with Crippen LogP contribution in [-0.2, 0) is 0 Å². The maximum absolute atomic E-state index is 14.0. The van der Waals surface area contributed by atoms with E-state index in [2.05, 4.69) is 12.2 Å². The minimum atomic E-state index is -0.873. The Morgan fingerprint density at radius 1 is 1.20 bits per heavy atom. The van der Waals surface area contributed by atoms with Crippen LogP contribution in [0.5, 0.6) is 0 Å². The third-order valence-electron chi connectivity index (χ3n) is 4.43. The van der Waals surface area contributed by atoms with Gasteiger partial charge in [0.15, 0.2) is 11.6 Å². The minimum Gasteiger partial charge on any atom is -0.365 e. The van der Waals surface area contributed by atoms with Crippen molar-refractivity contribution in [2.24, 2.45) is 5.92 Å². The molecule has 2 nitrogen and oxygen atoms in total. The standard InChI is InChI=1S/C15H19F3N2/c1-15(10-3-4-10)9-20(6-2-5-19-15)14-12(17)7-11(16)8-13(14)18/h7-8,10,19H,2-6,9H2,1H3. The van der Waals surface area contributed by atoms with Gasteiger partial charge in [-0.05, 0) is 38.6 Å². The highest BCUT2D eigenvalue weighted by Gasteiger charge is 2.43. The van der Waals surface area contributed by atoms with Crippen molar-refractivity contribution in [1.82, 2.24) is 5.32 Å². The van der Waals surface area contributed by atoms with E-state index in [4.69, 9.17) is 0 Å². The number of hydrogen-bond donors (Lipinski definition) is 1. The van der Waals surface area contributed by atoms with Crippen molar-refractivity contribution in [3.05, 3.63) is 29.6 Å². The number of hydrogen-bond acceptors (Lipinski definition) is 2. The average molecular weight is 284 g/mol. The summed E-state index contributed by atoms with van der Waals surface area (Å²) in [6, 6.07) is 1.51. The fraction of sp³-hybridized carbons (Fsp3) is 0.600. The van der Waals surface area contributed by atoms with Crippen molar-refractivity contribution in [3.63, 3.8) is 0 Å². The first kappa shape index (κ1) is 13.7. The molecule has 2 fully saturated rings. The van der Waals surface area contributed by atoms with Gasteiger partial charge in [-0.25, -0.2) is 13.2 Å². The lowest BCUT2D eigenvalue weighted by atomic mass is 9.95. The van der Waals surface area contributed by atoms with Crippen molar-refractivity contribution in [3.8, 4) is 0 Å². The van der Waals surface area contributed by atoms with E-state index in [1.807, 2.05) is 0 Å². The first-order chi connectivity index (χ1) is 9.49. The Balaban J connectivity index is 1.92. The van der Waals surface area contributed by atoms with Gasteiger partial charge in [-0.2, -0.15) is 0 Å². The van der Waals surface area contributed by atoms with Crippen LogP contribution in [0, 0.1) is 23.4 Å². The third kappa shape index (κ3) is 2.51. The highest BCUT2D eigenvalue weighted by atomic mass is 19.1. The molecule has 1 heterocycles. The van der Waals surface area contributed by atoms with E-state index in [0.29, 0.717) is 19.0 Å². The summed E-state index contributed by atoms with van der Waals surface area (Å²) in [4.78, 5) is 1.72. The fourth-order valence-electron chi connectivity index (χ4n) is 3.20. The normalized spacial score (nSPS) is 27.5. The molecule has 0 bridgehead atoms. The van der Waals surface area contributed by atoms with Gasteiger partial charge >= 0.3 is 0 Å². The van der Waals surface area contributed by atoms with Crippen molar-refractivity contribution in [2.45, 2.75) is 31.7 Å². The zero-order valence-electron chi connectivity index (χ0n) is 11.6. The number of nitrogens with one attached hydrogen (secondary N) is 1. The molecule has 20 heavy (non-hydrogen) atoms. The predicted molar refractivity (Wildman–Crippen MR) is 72.3 cm³/mol. The number of nitrogens with zero attached hydrogens (tertiary/aromatic N) is 1. The Bertz CT molecular complexity index is 493. The van der Waals surface area contributed by atoms with Crippen molar-refractivity contribution in [1.29, 1.82) is 0 Å². The van der Waals surface area contributed by atoms with Crippen LogP contribution < -0.4 is 10.2 Å². The Hall–Kier alpha value is -1.23. The summed E-state index contributed by atoms with van der Waals surface area (Å²) in [6.45, 7) is 4.09. The molecule has 5 heteroatoms. The van der Waals surface area contributed by atoms with Crippen LogP contribution in [0.1, 0.15) is 26.2 Å². The molecule has 1 N–H and O–H groups in total. The monoisotopic (exact) mass is 284 g/mol. The van der Waals surface area contributed by atoms with E-state index in [1.54, 1.807) is 4.90 Å². The second-order valence-corrected chi connectivity index (χ2v) is 6.11. The second kappa shape index (κ2) is 4.95. The second-order valence-electron chi connectivity index (χ2n) is 6.11. The largest absolute Gasteiger partial charge is 0.365 e. The summed E-state index contributed by atoms with van der Waals surface area (Å²) in [5, 5.41) is 3.51. The highest BCUT2D eigenvalue weighted by molar-refractivity contribution is 5.50. The van der Waals surface area contributed by atoms with Gasteiger partial charge in [-0.3, -0.25) is 0 Å². The lowest BCUT2D eigenvalue weighted by Crippen LogP contribution is -2.51. The van der Waals surface area contributed by atoms with Crippen molar-refractivity contribution < 1.29 is 13.2 Å². The SMILES string of the molecule is CC1(C2CC2)CN(c2c(F)cc(F)cc2F)CCCN1. The van der Waals surface area contributed by atoms with Gasteiger partial charge < -0.3 is 10.2 Å². The summed E-state index contributed by atoms with van der Waals surface area (Å²) in [5.41, 5.74) is -0.217. The topological polar surface area (TPSA) is 15.3 Å². The van der Waals surface area contributed by atoms with Crippen LogP contribution in [0.25, 0.3) is 0 Å². The summed E-state index contributed by atoms with van der Waals surface area (Å²) in [7, 11) is 0. The molecule has 3 rings (SSSR count). The Labute approximate surface area is 117 Å². The molecular weight excluding hydrogens is 265 g/mol. The van der Waals surface area contributed by atoms with Gasteiger partial charge in [0.05, 0.1) is 0 Å². The van der Waals surface area contributed by atoms with Gasteiger partial charge in [0.1, 0.15) is 11.5 Å². The number of halogens is 3. The molecule has 1 atom stereocenters. The molecule has 1 saturated carbocycles. The third-order valence-corrected chi connectivity index (χ3v) is 4.43. The lowest BCUT2D eigenvalue weighted by molar-refractivity contribution is 0.330. The maximum atomic E-state index is 14.0. The maximum Gasteiger partial charge on any atom is 0.152 e. The summed E-state index contributed by atoms with van der Waals surface area (Å²) in [6.07, 6.45) is 3.13. The van der Waals surface area contributed by atoms with Crippen molar-refractivity contribution >= 4 is 5.69 Å². The predicted octanol–water partition coefficient (Wildman–Crippen LogP) is 3.07. The van der Waals surface area contributed by atoms with Gasteiger partial charge in [-0.15, -0.1) is 0 Å². The highest BCUT2D eigenvalue weighted by Crippen LogP contribution is 2.41. The molecule has 1 saturated heterocycles. The summed E-state index contributed by atoms with van der Waals surface area (Å²) < 4.78 is 40.9. The minimum absolute atomic E-state index is 0.0954. The van der Waals surface area contributed by atoms with E-state index < -0.39 is 17.5 Å². The smallest absolute Gasteiger partial charge is 0.152 e. The zero-order chi connectivity index (χ0) is 14.3. The first-order valence-electron chi connectivity index (χ1n) is 7.14. The van der Waals surface area contributed by atoms with Crippen LogP contribution in [0.15, 0.2) is 12.1 Å². The fourth-order valence-corrected chi connectivity index (χ4v) is 3.20. The molecule has 0 aromatic heterocycles. The molecule has 0 spiro atoms. The van der Waals surface area contributed by atoms with Gasteiger partial charge in [0, 0.05) is 30.8 Å². The molecule has 1 aromatic carbocycles. The van der Waals surface area contributed by atoms with Crippen LogP contribution in [0.3, 0.4) is 0 Å². The van der Waals surface area contributed by atoms with Crippen molar-refractivity contribution in [2.75, 3.05) is 24.5 Å².